The summed E-state index contributed by atoms with van der Waals surface area (Å²) in [6, 6.07) is 13.6. The third-order valence-corrected chi connectivity index (χ3v) is 2.98. The van der Waals surface area contributed by atoms with Gasteiger partial charge in [-0.2, -0.15) is 0 Å². The van der Waals surface area contributed by atoms with Crippen LogP contribution in [0.25, 0.3) is 0 Å². The first-order valence-corrected chi connectivity index (χ1v) is 6.12. The van der Waals surface area contributed by atoms with E-state index in [1.54, 1.807) is 30.3 Å². The van der Waals surface area contributed by atoms with Gasteiger partial charge in [-0.3, -0.25) is 19.7 Å². The summed E-state index contributed by atoms with van der Waals surface area (Å²) >= 11 is 0. The van der Waals surface area contributed by atoms with E-state index in [0.717, 1.165) is 0 Å². The minimum Gasteiger partial charge on any atom is -0.309 e. The third kappa shape index (κ3) is 3.11. The second-order valence-electron chi connectivity index (χ2n) is 4.33. The molecular formula is C15H12N2O4. The molecule has 0 aliphatic rings. The number of nitro benzene ring substituents is 1. The molecule has 0 saturated carbocycles. The van der Waals surface area contributed by atoms with Gasteiger partial charge < -0.3 is 4.90 Å². The average molecular weight is 284 g/mol. The van der Waals surface area contributed by atoms with Crippen molar-refractivity contribution < 1.29 is 14.5 Å². The van der Waals surface area contributed by atoms with Gasteiger partial charge in [0, 0.05) is 30.4 Å². The lowest BCUT2D eigenvalue weighted by molar-refractivity contribution is -0.384. The summed E-state index contributed by atoms with van der Waals surface area (Å²) in [5, 5.41) is 10.6. The van der Waals surface area contributed by atoms with Crippen LogP contribution in [0, 0.1) is 10.1 Å². The van der Waals surface area contributed by atoms with E-state index >= 15 is 0 Å². The van der Waals surface area contributed by atoms with Gasteiger partial charge in [0.1, 0.15) is 0 Å². The Hall–Kier alpha value is -3.02. The number of likely N-dealkylation sites (N-methyl/N-ethyl adjacent to an activating group) is 1. The average Bonchev–Trinajstić information content (AvgIpc) is 2.53. The van der Waals surface area contributed by atoms with E-state index in [9.17, 15) is 19.7 Å². The van der Waals surface area contributed by atoms with Gasteiger partial charge in [0.15, 0.2) is 0 Å². The molecule has 0 unspecified atom stereocenters. The van der Waals surface area contributed by atoms with Crippen LogP contribution in [0.3, 0.4) is 0 Å². The summed E-state index contributed by atoms with van der Waals surface area (Å²) in [5.41, 5.74) is 0.639. The molecule has 0 atom stereocenters. The van der Waals surface area contributed by atoms with Crippen molar-refractivity contribution in [3.05, 3.63) is 70.3 Å². The zero-order valence-corrected chi connectivity index (χ0v) is 11.2. The lowest BCUT2D eigenvalue weighted by Gasteiger charge is -2.16. The van der Waals surface area contributed by atoms with Crippen LogP contribution in [-0.4, -0.2) is 23.7 Å². The van der Waals surface area contributed by atoms with E-state index in [1.807, 2.05) is 0 Å². The number of nitrogens with zero attached hydrogens (tertiary/aromatic N) is 2. The predicted molar refractivity (Wildman–Crippen MR) is 77.3 cm³/mol. The quantitative estimate of drug-likeness (QED) is 0.374. The van der Waals surface area contributed by atoms with Gasteiger partial charge in [-0.05, 0) is 12.1 Å². The highest BCUT2D eigenvalue weighted by Gasteiger charge is 2.21. The Morgan fingerprint density at radius 3 is 2.10 bits per heavy atom. The van der Waals surface area contributed by atoms with Gasteiger partial charge in [0.2, 0.25) is 0 Å². The van der Waals surface area contributed by atoms with Crippen LogP contribution in [0.4, 0.5) is 11.4 Å². The van der Waals surface area contributed by atoms with E-state index < -0.39 is 16.6 Å². The van der Waals surface area contributed by atoms with Crippen LogP contribution in [-0.2, 0) is 4.79 Å². The maximum atomic E-state index is 12.1. The predicted octanol–water partition coefficient (Wildman–Crippen LogP) is 2.44. The Kier molecular flexibility index (Phi) is 4.08. The Morgan fingerprint density at radius 1 is 1.00 bits per heavy atom. The monoisotopic (exact) mass is 284 g/mol. The smallest absolute Gasteiger partial charge is 0.299 e. The Bertz CT molecular complexity index is 681. The maximum absolute atomic E-state index is 12.1. The van der Waals surface area contributed by atoms with Crippen molar-refractivity contribution in [1.29, 1.82) is 0 Å². The topological polar surface area (TPSA) is 80.5 Å². The number of non-ortho nitro benzene ring substituents is 1. The molecule has 0 fully saturated rings. The van der Waals surface area contributed by atoms with E-state index in [0.29, 0.717) is 11.3 Å². The van der Waals surface area contributed by atoms with Crippen LogP contribution in [0.1, 0.15) is 10.4 Å². The lowest BCUT2D eigenvalue weighted by atomic mass is 10.1. The fraction of sp³-hybridized carbons (Fsp3) is 0.0667. The Morgan fingerprint density at radius 2 is 1.57 bits per heavy atom. The van der Waals surface area contributed by atoms with Crippen LogP contribution in [0.2, 0.25) is 0 Å². The highest BCUT2D eigenvalue weighted by molar-refractivity contribution is 6.47. The number of anilines is 1. The number of carbonyl (C=O) groups is 2. The number of hydrogen-bond acceptors (Lipinski definition) is 4. The number of nitro groups is 1. The van der Waals surface area contributed by atoms with Crippen molar-refractivity contribution in [2.75, 3.05) is 11.9 Å². The number of hydrogen-bond donors (Lipinski definition) is 0. The van der Waals surface area contributed by atoms with Gasteiger partial charge in [-0.15, -0.1) is 0 Å². The molecule has 0 aromatic heterocycles. The SMILES string of the molecule is CN(C(=O)C(=O)c1ccccc1)c1ccc([N+](=O)[O-])cc1. The number of Topliss-reactive ketones (excluding diaryl/α,β-unsaturated/α-hetero) is 1. The van der Waals surface area contributed by atoms with Crippen LogP contribution < -0.4 is 4.90 Å². The first-order valence-electron chi connectivity index (χ1n) is 6.12. The van der Waals surface area contributed by atoms with Crippen molar-refractivity contribution in [3.63, 3.8) is 0 Å². The summed E-state index contributed by atoms with van der Waals surface area (Å²) in [7, 11) is 1.45. The molecule has 0 aliphatic heterocycles. The van der Waals surface area contributed by atoms with Crippen LogP contribution in [0.5, 0.6) is 0 Å². The zero-order valence-electron chi connectivity index (χ0n) is 11.2. The molecule has 0 saturated heterocycles. The van der Waals surface area contributed by atoms with Crippen molar-refractivity contribution in [1.82, 2.24) is 0 Å². The molecule has 2 aromatic carbocycles. The minimum atomic E-state index is -0.699. The van der Waals surface area contributed by atoms with E-state index in [1.165, 1.54) is 36.2 Å². The minimum absolute atomic E-state index is 0.0750. The molecule has 0 spiro atoms. The second-order valence-corrected chi connectivity index (χ2v) is 4.33. The molecule has 0 heterocycles. The normalized spacial score (nSPS) is 9.95. The lowest BCUT2D eigenvalue weighted by Crippen LogP contribution is -2.33. The third-order valence-electron chi connectivity index (χ3n) is 2.98. The molecular weight excluding hydrogens is 272 g/mol. The van der Waals surface area contributed by atoms with Crippen molar-refractivity contribution in [3.8, 4) is 0 Å². The Labute approximate surface area is 120 Å². The summed E-state index contributed by atoms with van der Waals surface area (Å²) in [5.74, 6) is -1.33. The fourth-order valence-electron chi connectivity index (χ4n) is 1.78. The maximum Gasteiger partial charge on any atom is 0.299 e. The number of ketones is 1. The first-order chi connectivity index (χ1) is 10.0. The van der Waals surface area contributed by atoms with Crippen LogP contribution >= 0.6 is 0 Å². The van der Waals surface area contributed by atoms with Gasteiger partial charge in [-0.25, -0.2) is 0 Å². The standard InChI is InChI=1S/C15H12N2O4/c1-16(12-7-9-13(10-8-12)17(20)21)15(19)14(18)11-5-3-2-4-6-11/h2-10H,1H3. The number of carbonyl (C=O) groups excluding carboxylic acids is 2. The van der Waals surface area contributed by atoms with E-state index in [4.69, 9.17) is 0 Å². The molecule has 0 N–H and O–H groups in total. The summed E-state index contributed by atoms with van der Waals surface area (Å²) < 4.78 is 0. The van der Waals surface area contributed by atoms with E-state index in [2.05, 4.69) is 0 Å². The molecule has 2 rings (SSSR count). The summed E-state index contributed by atoms with van der Waals surface area (Å²) in [6.45, 7) is 0. The van der Waals surface area contributed by atoms with Gasteiger partial charge >= 0.3 is 0 Å². The Balaban J connectivity index is 2.19. The number of rotatable bonds is 4. The van der Waals surface area contributed by atoms with Crippen molar-refractivity contribution >= 4 is 23.1 Å². The number of benzene rings is 2. The molecule has 6 heteroatoms. The molecule has 6 nitrogen and oxygen atoms in total. The molecule has 21 heavy (non-hydrogen) atoms. The second kappa shape index (κ2) is 5.96. The van der Waals surface area contributed by atoms with Gasteiger partial charge in [0.25, 0.3) is 17.4 Å². The van der Waals surface area contributed by atoms with E-state index in [-0.39, 0.29) is 5.69 Å². The highest BCUT2D eigenvalue weighted by atomic mass is 16.6. The largest absolute Gasteiger partial charge is 0.309 e. The van der Waals surface area contributed by atoms with Gasteiger partial charge in [0.05, 0.1) is 4.92 Å². The molecule has 2 aromatic rings. The zero-order chi connectivity index (χ0) is 15.4. The van der Waals surface area contributed by atoms with Crippen molar-refractivity contribution in [2.24, 2.45) is 0 Å². The van der Waals surface area contributed by atoms with Crippen molar-refractivity contribution in [2.45, 2.75) is 0 Å². The molecule has 106 valence electrons. The number of amides is 1. The molecule has 0 bridgehead atoms. The fourth-order valence-corrected chi connectivity index (χ4v) is 1.78. The van der Waals surface area contributed by atoms with Crippen LogP contribution in [0.15, 0.2) is 54.6 Å². The molecule has 0 radical (unpaired) electrons. The molecule has 0 aliphatic carbocycles. The first kappa shape index (κ1) is 14.4. The summed E-state index contributed by atoms with van der Waals surface area (Å²) in [6.07, 6.45) is 0. The van der Waals surface area contributed by atoms with Gasteiger partial charge in [-0.1, -0.05) is 30.3 Å². The molecule has 1 amide bonds. The summed E-state index contributed by atoms with van der Waals surface area (Å²) in [4.78, 5) is 35.4. The highest BCUT2D eigenvalue weighted by Crippen LogP contribution is 2.19.